The summed E-state index contributed by atoms with van der Waals surface area (Å²) in [4.78, 5) is 0. The van der Waals surface area contributed by atoms with Gasteiger partial charge in [0.1, 0.15) is 0 Å². The van der Waals surface area contributed by atoms with Gasteiger partial charge >= 0.3 is 6.18 Å². The molecule has 0 saturated carbocycles. The summed E-state index contributed by atoms with van der Waals surface area (Å²) in [6.07, 6.45) is -4.84. The van der Waals surface area contributed by atoms with E-state index in [1.807, 2.05) is 0 Å². The molecule has 0 aliphatic heterocycles. The van der Waals surface area contributed by atoms with E-state index in [0.717, 1.165) is 12.1 Å². The van der Waals surface area contributed by atoms with E-state index in [1.54, 1.807) is 0 Å². The van der Waals surface area contributed by atoms with Gasteiger partial charge in [0.2, 0.25) is 0 Å². The summed E-state index contributed by atoms with van der Waals surface area (Å²) < 4.78 is 42.3. The lowest BCUT2D eigenvalue weighted by Gasteiger charge is -2.20. The fraction of sp³-hybridized carbons (Fsp3) is 0.571. The van der Waals surface area contributed by atoms with E-state index in [2.05, 4.69) is 5.32 Å². The van der Waals surface area contributed by atoms with Gasteiger partial charge in [-0.1, -0.05) is 12.1 Å². The smallest absolute Gasteiger partial charge is 0.396 e. The Morgan fingerprint density at radius 2 is 1.86 bits per heavy atom. The van der Waals surface area contributed by atoms with Crippen LogP contribution in [0.15, 0.2) is 24.3 Å². The summed E-state index contributed by atoms with van der Waals surface area (Å²) in [6.45, 7) is 0.525. The molecule has 0 aliphatic rings. The number of halogens is 3. The number of hydrogen-bond acceptors (Lipinski definition) is 4. The van der Waals surface area contributed by atoms with Crippen molar-refractivity contribution < 1.29 is 28.1 Å². The van der Waals surface area contributed by atoms with E-state index < -0.39 is 17.8 Å². The molecule has 0 radical (unpaired) electrons. The van der Waals surface area contributed by atoms with Crippen LogP contribution < -0.4 is 5.32 Å². The zero-order chi connectivity index (χ0) is 15.9. The quantitative estimate of drug-likeness (QED) is 0.684. The maximum Gasteiger partial charge on any atom is 0.416 e. The van der Waals surface area contributed by atoms with E-state index in [0.29, 0.717) is 18.6 Å². The third-order valence-electron chi connectivity index (χ3n) is 3.07. The molecule has 0 bridgehead atoms. The Bertz CT molecular complexity index is 403. The molecule has 0 amide bonds. The van der Waals surface area contributed by atoms with Crippen LogP contribution >= 0.6 is 0 Å². The van der Waals surface area contributed by atoms with Gasteiger partial charge in [-0.2, -0.15) is 13.2 Å². The van der Waals surface area contributed by atoms with E-state index >= 15 is 0 Å². The summed E-state index contributed by atoms with van der Waals surface area (Å²) in [5, 5.41) is 21.8. The summed E-state index contributed by atoms with van der Waals surface area (Å²) in [5.74, 6) is 0. The molecule has 2 unspecified atom stereocenters. The Kier molecular flexibility index (Phi) is 7.10. The van der Waals surface area contributed by atoms with Gasteiger partial charge in [-0.05, 0) is 24.1 Å². The van der Waals surface area contributed by atoms with Crippen molar-refractivity contribution in [2.45, 2.75) is 24.7 Å². The largest absolute Gasteiger partial charge is 0.416 e. The molecule has 7 heteroatoms. The predicted molar refractivity (Wildman–Crippen MR) is 71.8 cm³/mol. The lowest BCUT2D eigenvalue weighted by molar-refractivity contribution is -0.137. The Hall–Kier alpha value is -1.15. The number of hydrogen-bond donors (Lipinski definition) is 3. The summed E-state index contributed by atoms with van der Waals surface area (Å²) in [6, 6.07) is 4.28. The molecule has 3 N–H and O–H groups in total. The normalized spacial score (nSPS) is 15.0. The van der Waals surface area contributed by atoms with Crippen LogP contribution in [0.2, 0.25) is 0 Å². The molecule has 0 aromatic heterocycles. The third-order valence-corrected chi connectivity index (χ3v) is 3.07. The van der Waals surface area contributed by atoms with E-state index in [1.165, 1.54) is 19.2 Å². The first-order valence-electron chi connectivity index (χ1n) is 6.57. The molecule has 1 aromatic carbocycles. The monoisotopic (exact) mass is 307 g/mol. The molecule has 0 spiro atoms. The first-order valence-corrected chi connectivity index (χ1v) is 6.57. The maximum absolute atomic E-state index is 12.4. The number of aliphatic hydroxyl groups excluding tert-OH is 2. The Labute approximate surface area is 121 Å². The van der Waals surface area contributed by atoms with E-state index in [4.69, 9.17) is 9.84 Å². The second-order valence-corrected chi connectivity index (χ2v) is 4.71. The highest BCUT2D eigenvalue weighted by Crippen LogP contribution is 2.29. The van der Waals surface area contributed by atoms with Crippen molar-refractivity contribution in [2.24, 2.45) is 0 Å². The van der Waals surface area contributed by atoms with Crippen molar-refractivity contribution in [3.63, 3.8) is 0 Å². The van der Waals surface area contributed by atoms with Gasteiger partial charge in [0, 0.05) is 26.3 Å². The predicted octanol–water partition coefficient (Wildman–Crippen LogP) is 1.73. The highest BCUT2D eigenvalue weighted by molar-refractivity contribution is 5.26. The fourth-order valence-corrected chi connectivity index (χ4v) is 1.89. The van der Waals surface area contributed by atoms with Crippen molar-refractivity contribution in [1.29, 1.82) is 0 Å². The number of ether oxygens (including phenoxy) is 1. The molecule has 0 fully saturated rings. The van der Waals surface area contributed by atoms with Gasteiger partial charge in [-0.15, -0.1) is 0 Å². The molecule has 4 nitrogen and oxygen atoms in total. The highest BCUT2D eigenvalue weighted by Gasteiger charge is 2.30. The summed E-state index contributed by atoms with van der Waals surface area (Å²) in [5.41, 5.74) is -0.348. The average molecular weight is 307 g/mol. The molecule has 1 aromatic rings. The minimum atomic E-state index is -4.38. The first-order chi connectivity index (χ1) is 9.88. The number of alkyl halides is 3. The zero-order valence-corrected chi connectivity index (χ0v) is 11.7. The first kappa shape index (κ1) is 17.9. The van der Waals surface area contributed by atoms with Gasteiger partial charge in [0.25, 0.3) is 0 Å². The lowest BCUT2D eigenvalue weighted by atomic mass is 10.1. The van der Waals surface area contributed by atoms with Crippen molar-refractivity contribution in [3.05, 3.63) is 35.4 Å². The van der Waals surface area contributed by atoms with Crippen LogP contribution in [-0.2, 0) is 10.9 Å². The zero-order valence-electron chi connectivity index (χ0n) is 11.7. The second-order valence-electron chi connectivity index (χ2n) is 4.71. The molecule has 0 aliphatic carbocycles. The maximum atomic E-state index is 12.4. The van der Waals surface area contributed by atoms with E-state index in [-0.39, 0.29) is 19.2 Å². The van der Waals surface area contributed by atoms with Crippen LogP contribution in [0.5, 0.6) is 0 Å². The van der Waals surface area contributed by atoms with Crippen molar-refractivity contribution >= 4 is 0 Å². The average Bonchev–Trinajstić information content (AvgIpc) is 2.44. The fourth-order valence-electron chi connectivity index (χ4n) is 1.89. The third kappa shape index (κ3) is 6.01. The molecule has 0 heterocycles. The molecule has 2 atom stereocenters. The number of nitrogens with one attached hydrogen (secondary N) is 1. The minimum absolute atomic E-state index is 0.0165. The SMILES string of the molecule is COCC(CCO)NCC(O)c1ccc(C(F)(F)F)cc1. The highest BCUT2D eigenvalue weighted by atomic mass is 19.4. The molecular weight excluding hydrogens is 287 g/mol. The standard InChI is InChI=1S/C14H20F3NO3/c1-21-9-12(6-7-19)18-8-13(20)10-2-4-11(5-3-10)14(15,16)17/h2-5,12-13,18-20H,6-9H2,1H3. The van der Waals surface area contributed by atoms with Crippen LogP contribution in [0.25, 0.3) is 0 Å². The number of aliphatic hydroxyl groups is 2. The van der Waals surface area contributed by atoms with Crippen LogP contribution in [-0.4, -0.2) is 43.1 Å². The Morgan fingerprint density at radius 1 is 1.24 bits per heavy atom. The topological polar surface area (TPSA) is 61.7 Å². The molecule has 21 heavy (non-hydrogen) atoms. The summed E-state index contributed by atoms with van der Waals surface area (Å²) >= 11 is 0. The van der Waals surface area contributed by atoms with Crippen molar-refractivity contribution in [3.8, 4) is 0 Å². The van der Waals surface area contributed by atoms with Crippen molar-refractivity contribution in [2.75, 3.05) is 26.9 Å². The lowest BCUT2D eigenvalue weighted by Crippen LogP contribution is -2.36. The van der Waals surface area contributed by atoms with Crippen molar-refractivity contribution in [1.82, 2.24) is 5.32 Å². The molecule has 0 saturated heterocycles. The van der Waals surface area contributed by atoms with Crippen LogP contribution in [0.1, 0.15) is 23.7 Å². The number of benzene rings is 1. The van der Waals surface area contributed by atoms with Gasteiger partial charge in [0.15, 0.2) is 0 Å². The van der Waals surface area contributed by atoms with Gasteiger partial charge in [-0.25, -0.2) is 0 Å². The molecule has 1 rings (SSSR count). The molecular formula is C14H20F3NO3. The van der Waals surface area contributed by atoms with Crippen LogP contribution in [0, 0.1) is 0 Å². The van der Waals surface area contributed by atoms with Gasteiger partial charge in [-0.3, -0.25) is 0 Å². The Morgan fingerprint density at radius 3 is 2.33 bits per heavy atom. The van der Waals surface area contributed by atoms with Crippen LogP contribution in [0.4, 0.5) is 13.2 Å². The second kappa shape index (κ2) is 8.33. The minimum Gasteiger partial charge on any atom is -0.396 e. The number of methoxy groups -OCH3 is 1. The van der Waals surface area contributed by atoms with Crippen LogP contribution in [0.3, 0.4) is 0 Å². The van der Waals surface area contributed by atoms with Gasteiger partial charge in [0.05, 0.1) is 18.3 Å². The van der Waals surface area contributed by atoms with E-state index in [9.17, 15) is 18.3 Å². The number of rotatable bonds is 8. The summed E-state index contributed by atoms with van der Waals surface area (Å²) in [7, 11) is 1.53. The van der Waals surface area contributed by atoms with Gasteiger partial charge < -0.3 is 20.3 Å². The molecule has 120 valence electrons. The Balaban J connectivity index is 2.56.